The zero-order chi connectivity index (χ0) is 18.7. The molecule has 2 aromatic heterocycles. The lowest BCUT2D eigenvalue weighted by Gasteiger charge is -2.09. The van der Waals surface area contributed by atoms with Gasteiger partial charge in [-0.15, -0.1) is 11.3 Å². The molecular weight excluding hydrogens is 350 g/mol. The van der Waals surface area contributed by atoms with Gasteiger partial charge in [0.25, 0.3) is 0 Å². The van der Waals surface area contributed by atoms with Gasteiger partial charge in [-0.25, -0.2) is 9.78 Å². The van der Waals surface area contributed by atoms with Crippen molar-refractivity contribution in [3.05, 3.63) is 64.4 Å². The first-order chi connectivity index (χ1) is 12.5. The number of rotatable bonds is 6. The van der Waals surface area contributed by atoms with Gasteiger partial charge in [-0.1, -0.05) is 12.1 Å². The number of aryl methyl sites for hydroxylation is 1. The summed E-state index contributed by atoms with van der Waals surface area (Å²) in [5.41, 5.74) is 3.29. The minimum atomic E-state index is -0.531. The van der Waals surface area contributed by atoms with Crippen molar-refractivity contribution in [1.29, 1.82) is 0 Å². The Hall–Kier alpha value is -2.93. The van der Waals surface area contributed by atoms with Crippen LogP contribution in [0, 0.1) is 13.8 Å². The molecule has 0 atom stereocenters. The highest BCUT2D eigenvalue weighted by molar-refractivity contribution is 7.12. The fourth-order valence-electron chi connectivity index (χ4n) is 2.83. The topological polar surface area (TPSA) is 73.2 Å². The van der Waals surface area contributed by atoms with Crippen molar-refractivity contribution in [1.82, 2.24) is 9.55 Å². The fraction of sp³-hybridized carbons (Fsp3) is 0.211. The van der Waals surface area contributed by atoms with Gasteiger partial charge in [-0.05, 0) is 32.0 Å². The van der Waals surface area contributed by atoms with E-state index >= 15 is 0 Å². The van der Waals surface area contributed by atoms with E-state index in [1.807, 2.05) is 29.9 Å². The van der Waals surface area contributed by atoms with Gasteiger partial charge in [0.1, 0.15) is 0 Å². The van der Waals surface area contributed by atoms with Crippen LogP contribution in [0.4, 0.5) is 5.69 Å². The second kappa shape index (κ2) is 7.53. The van der Waals surface area contributed by atoms with Crippen LogP contribution in [0.2, 0.25) is 0 Å². The van der Waals surface area contributed by atoms with E-state index in [-0.39, 0.29) is 12.4 Å². The molecule has 3 aromatic rings. The highest BCUT2D eigenvalue weighted by Gasteiger charge is 2.20. The van der Waals surface area contributed by atoms with Gasteiger partial charge in [0.15, 0.2) is 11.7 Å². The average molecular weight is 369 g/mol. The molecule has 0 fully saturated rings. The van der Waals surface area contributed by atoms with Crippen LogP contribution in [0.15, 0.2) is 41.9 Å². The number of esters is 1. The summed E-state index contributed by atoms with van der Waals surface area (Å²) in [5, 5.41) is 5.63. The van der Waals surface area contributed by atoms with Gasteiger partial charge in [0.2, 0.25) is 5.78 Å². The minimum absolute atomic E-state index is 0.240. The maximum absolute atomic E-state index is 12.6. The molecule has 0 aliphatic heterocycles. The molecular formula is C19H19N3O3S. The maximum Gasteiger partial charge on any atom is 0.340 e. The van der Waals surface area contributed by atoms with Crippen LogP contribution in [-0.2, 0) is 4.74 Å². The Balaban J connectivity index is 1.75. The SMILES string of the molecule is CNc1ccccc1C(=O)OCC(=O)c1cc(C)n(-c2nccs2)c1C. The number of benzene rings is 1. The highest BCUT2D eigenvalue weighted by Crippen LogP contribution is 2.23. The van der Waals surface area contributed by atoms with Crippen LogP contribution in [0.25, 0.3) is 5.13 Å². The number of aromatic nitrogens is 2. The van der Waals surface area contributed by atoms with Crippen molar-refractivity contribution in [2.45, 2.75) is 13.8 Å². The van der Waals surface area contributed by atoms with E-state index in [1.54, 1.807) is 37.5 Å². The predicted molar refractivity (Wildman–Crippen MR) is 102 cm³/mol. The fourth-order valence-corrected chi connectivity index (χ4v) is 3.58. The molecule has 0 aliphatic carbocycles. The lowest BCUT2D eigenvalue weighted by atomic mass is 10.1. The first-order valence-corrected chi connectivity index (χ1v) is 8.96. The number of thiazole rings is 1. The molecule has 134 valence electrons. The molecule has 0 spiro atoms. The second-order valence-corrected chi connectivity index (χ2v) is 6.60. The van der Waals surface area contributed by atoms with Gasteiger partial charge in [-0.2, -0.15) is 0 Å². The van der Waals surface area contributed by atoms with E-state index in [4.69, 9.17) is 4.74 Å². The predicted octanol–water partition coefficient (Wildman–Crippen LogP) is 3.63. The standard InChI is InChI=1S/C19H19N3O3S/c1-12-10-15(13(2)22(12)19-21-8-9-26-19)17(23)11-25-18(24)14-6-4-5-7-16(14)20-3/h4-10,20H,11H2,1-3H3. The largest absolute Gasteiger partial charge is 0.454 e. The molecule has 2 heterocycles. The van der Waals surface area contributed by atoms with E-state index in [0.29, 0.717) is 16.8 Å². The zero-order valence-electron chi connectivity index (χ0n) is 14.8. The van der Waals surface area contributed by atoms with Crippen LogP contribution in [0.5, 0.6) is 0 Å². The van der Waals surface area contributed by atoms with Crippen LogP contribution in [-0.4, -0.2) is 35.0 Å². The van der Waals surface area contributed by atoms with E-state index in [9.17, 15) is 9.59 Å². The third-order valence-corrected chi connectivity index (χ3v) is 4.85. The van der Waals surface area contributed by atoms with E-state index < -0.39 is 5.97 Å². The summed E-state index contributed by atoms with van der Waals surface area (Å²) >= 11 is 1.50. The molecule has 0 amide bonds. The molecule has 0 aliphatic rings. The Kier molecular flexibility index (Phi) is 5.18. The van der Waals surface area contributed by atoms with Gasteiger partial charge in [0, 0.05) is 41.3 Å². The Morgan fingerprint density at radius 3 is 2.69 bits per heavy atom. The molecule has 1 aromatic carbocycles. The number of ketones is 1. The second-order valence-electron chi connectivity index (χ2n) is 5.73. The van der Waals surface area contributed by atoms with Gasteiger partial charge in [-0.3, -0.25) is 9.36 Å². The van der Waals surface area contributed by atoms with Crippen molar-refractivity contribution in [2.24, 2.45) is 0 Å². The summed E-state index contributed by atoms with van der Waals surface area (Å²) in [5.74, 6) is -0.770. The highest BCUT2D eigenvalue weighted by atomic mass is 32.1. The number of carbonyl (C=O) groups is 2. The van der Waals surface area contributed by atoms with Crippen LogP contribution >= 0.6 is 11.3 Å². The molecule has 1 N–H and O–H groups in total. The number of anilines is 1. The number of Topliss-reactive ketones (excluding diaryl/α,β-unsaturated/α-hetero) is 1. The monoisotopic (exact) mass is 369 g/mol. The average Bonchev–Trinajstić information content (AvgIpc) is 3.27. The molecule has 0 unspecified atom stereocenters. The summed E-state index contributed by atoms with van der Waals surface area (Å²) in [6, 6.07) is 8.81. The smallest absolute Gasteiger partial charge is 0.340 e. The summed E-state index contributed by atoms with van der Waals surface area (Å²) in [7, 11) is 1.73. The summed E-state index contributed by atoms with van der Waals surface area (Å²) in [6.07, 6.45) is 1.72. The number of ether oxygens (including phenoxy) is 1. The van der Waals surface area contributed by atoms with Crippen molar-refractivity contribution in [3.8, 4) is 5.13 Å². The minimum Gasteiger partial charge on any atom is -0.454 e. The number of hydrogen-bond acceptors (Lipinski definition) is 6. The van der Waals surface area contributed by atoms with Gasteiger partial charge >= 0.3 is 5.97 Å². The van der Waals surface area contributed by atoms with Crippen molar-refractivity contribution in [3.63, 3.8) is 0 Å². The summed E-state index contributed by atoms with van der Waals surface area (Å²) in [4.78, 5) is 29.1. The lowest BCUT2D eigenvalue weighted by Crippen LogP contribution is -2.16. The van der Waals surface area contributed by atoms with Crippen LogP contribution in [0.1, 0.15) is 32.1 Å². The first-order valence-electron chi connectivity index (χ1n) is 8.09. The summed E-state index contributed by atoms with van der Waals surface area (Å²) in [6.45, 7) is 3.47. The quantitative estimate of drug-likeness (QED) is 0.530. The third kappa shape index (κ3) is 3.39. The normalized spacial score (nSPS) is 10.6. The van der Waals surface area contributed by atoms with Crippen LogP contribution < -0.4 is 5.32 Å². The molecule has 3 rings (SSSR count). The van der Waals surface area contributed by atoms with E-state index in [2.05, 4.69) is 10.3 Å². The van der Waals surface area contributed by atoms with Crippen molar-refractivity contribution in [2.75, 3.05) is 19.0 Å². The molecule has 0 saturated heterocycles. The van der Waals surface area contributed by atoms with Crippen molar-refractivity contribution < 1.29 is 14.3 Å². The Bertz CT molecular complexity index is 945. The van der Waals surface area contributed by atoms with Gasteiger partial charge < -0.3 is 10.1 Å². The molecule has 7 heteroatoms. The number of hydrogen-bond donors (Lipinski definition) is 1. The number of carbonyl (C=O) groups excluding carboxylic acids is 2. The molecule has 0 saturated carbocycles. The number of para-hydroxylation sites is 1. The van der Waals surface area contributed by atoms with Gasteiger partial charge in [0.05, 0.1) is 5.56 Å². The molecule has 0 bridgehead atoms. The Morgan fingerprint density at radius 2 is 2.00 bits per heavy atom. The zero-order valence-corrected chi connectivity index (χ0v) is 15.6. The number of nitrogens with one attached hydrogen (secondary N) is 1. The lowest BCUT2D eigenvalue weighted by molar-refractivity contribution is 0.0475. The van der Waals surface area contributed by atoms with E-state index in [0.717, 1.165) is 16.5 Å². The Labute approximate surface area is 155 Å². The molecule has 0 radical (unpaired) electrons. The summed E-state index contributed by atoms with van der Waals surface area (Å²) < 4.78 is 7.16. The first kappa shape index (κ1) is 17.9. The van der Waals surface area contributed by atoms with Crippen LogP contribution in [0.3, 0.4) is 0 Å². The van der Waals surface area contributed by atoms with E-state index in [1.165, 1.54) is 11.3 Å². The Morgan fingerprint density at radius 1 is 1.23 bits per heavy atom. The number of nitrogens with zero attached hydrogens (tertiary/aromatic N) is 2. The molecule has 26 heavy (non-hydrogen) atoms. The third-order valence-electron chi connectivity index (χ3n) is 4.09. The maximum atomic E-state index is 12.6. The van der Waals surface area contributed by atoms with Crippen molar-refractivity contribution >= 4 is 28.8 Å². The molecule has 6 nitrogen and oxygen atoms in total.